The van der Waals surface area contributed by atoms with Gasteiger partial charge in [-0.1, -0.05) is 24.3 Å². The summed E-state index contributed by atoms with van der Waals surface area (Å²) in [5.41, 5.74) is 0.593. The molecule has 60 valence electrons. The Morgan fingerprint density at radius 1 is 1.45 bits per heavy atom. The van der Waals surface area contributed by atoms with Crippen molar-refractivity contribution in [3.05, 3.63) is 35.3 Å². The van der Waals surface area contributed by atoms with E-state index in [9.17, 15) is 8.42 Å². The Morgan fingerprint density at radius 2 is 2.18 bits per heavy atom. The molecule has 0 saturated heterocycles. The van der Waals surface area contributed by atoms with Crippen LogP contribution in [0.4, 0.5) is 0 Å². The summed E-state index contributed by atoms with van der Waals surface area (Å²) < 4.78 is 29.0. The maximum atomic E-state index is 10.3. The lowest BCUT2D eigenvalue weighted by Gasteiger charge is -1.98. The number of allylic oxidation sites excluding steroid dienone is 5. The fraction of sp³-hybridized carbons (Fsp3) is 0.143. The number of hydrogen-bond acceptors (Lipinski definition) is 2. The van der Waals surface area contributed by atoms with Gasteiger partial charge in [0.1, 0.15) is 0 Å². The second-order valence-electron chi connectivity index (χ2n) is 2.20. The maximum absolute atomic E-state index is 10.3. The zero-order valence-electron chi connectivity index (χ0n) is 5.77. The average molecular weight is 172 g/mol. The summed E-state index contributed by atoms with van der Waals surface area (Å²) in [6.07, 6.45) is 7.56. The largest absolute Gasteiger partial charge is 0.287 e. The number of hydrogen-bond donors (Lipinski definition) is 1. The van der Waals surface area contributed by atoms with E-state index in [4.69, 9.17) is 4.55 Å². The summed E-state index contributed by atoms with van der Waals surface area (Å²) in [5.74, 6) is 0. The molecule has 0 atom stereocenters. The van der Waals surface area contributed by atoms with Crippen LogP contribution in [-0.4, -0.2) is 13.0 Å². The van der Waals surface area contributed by atoms with Crippen LogP contribution < -0.4 is 0 Å². The quantitative estimate of drug-likeness (QED) is 0.606. The summed E-state index contributed by atoms with van der Waals surface area (Å²) >= 11 is 0. The molecule has 0 spiro atoms. The van der Waals surface area contributed by atoms with Crippen LogP contribution in [0.15, 0.2) is 35.3 Å². The summed E-state index contributed by atoms with van der Waals surface area (Å²) in [4.78, 5) is 0. The second kappa shape index (κ2) is 3.02. The topological polar surface area (TPSA) is 54.4 Å². The summed E-state index contributed by atoms with van der Waals surface area (Å²) in [5, 5.41) is 0.854. The molecule has 1 N–H and O–H groups in total. The lowest BCUT2D eigenvalue weighted by Crippen LogP contribution is -1.93. The highest BCUT2D eigenvalue weighted by atomic mass is 32.2. The third kappa shape index (κ3) is 3.15. The Hall–Kier alpha value is -0.870. The molecule has 1 rings (SSSR count). The molecular weight excluding hydrogens is 164 g/mol. The highest BCUT2D eigenvalue weighted by molar-refractivity contribution is 7.88. The summed E-state index contributed by atoms with van der Waals surface area (Å²) in [6, 6.07) is 0. The summed E-state index contributed by atoms with van der Waals surface area (Å²) in [6.45, 7) is 0. The van der Waals surface area contributed by atoms with E-state index in [0.717, 1.165) is 5.41 Å². The van der Waals surface area contributed by atoms with Gasteiger partial charge in [0, 0.05) is 0 Å². The van der Waals surface area contributed by atoms with Gasteiger partial charge in [0.15, 0.2) is 0 Å². The van der Waals surface area contributed by atoms with E-state index in [-0.39, 0.29) is 0 Å². The maximum Gasteiger partial charge on any atom is 0.287 e. The zero-order chi connectivity index (χ0) is 8.32. The molecular formula is C7H8O3S. The molecule has 11 heavy (non-hydrogen) atoms. The van der Waals surface area contributed by atoms with E-state index in [1.807, 2.05) is 12.2 Å². The van der Waals surface area contributed by atoms with E-state index in [2.05, 4.69) is 0 Å². The molecule has 0 aromatic carbocycles. The van der Waals surface area contributed by atoms with Crippen LogP contribution in [0.2, 0.25) is 0 Å². The van der Waals surface area contributed by atoms with E-state index in [0.29, 0.717) is 12.0 Å². The molecule has 0 bridgehead atoms. The van der Waals surface area contributed by atoms with Crippen molar-refractivity contribution < 1.29 is 13.0 Å². The lowest BCUT2D eigenvalue weighted by molar-refractivity contribution is 0.494. The molecule has 4 heteroatoms. The van der Waals surface area contributed by atoms with E-state index < -0.39 is 10.1 Å². The van der Waals surface area contributed by atoms with Crippen LogP contribution in [0.25, 0.3) is 0 Å². The predicted octanol–water partition coefficient (Wildman–Crippen LogP) is 1.27. The average Bonchev–Trinajstić information content (AvgIpc) is 1.85. The van der Waals surface area contributed by atoms with E-state index in [1.165, 1.54) is 0 Å². The van der Waals surface area contributed by atoms with Gasteiger partial charge in [-0.25, -0.2) is 0 Å². The first-order valence-corrected chi connectivity index (χ1v) is 4.59. The van der Waals surface area contributed by atoms with Crippen LogP contribution in [0, 0.1) is 0 Å². The molecule has 0 aromatic heterocycles. The zero-order valence-corrected chi connectivity index (χ0v) is 6.58. The normalized spacial score (nSPS) is 21.0. The standard InChI is InChI=1S/C7H8O3S/c8-11(9,10)6-7-4-2-1-3-5-7/h1-4,6H,5H2,(H,8,9,10). The van der Waals surface area contributed by atoms with Crippen LogP contribution in [0.5, 0.6) is 0 Å². The highest BCUT2D eigenvalue weighted by Gasteiger charge is 2.01. The fourth-order valence-electron chi connectivity index (χ4n) is 0.809. The van der Waals surface area contributed by atoms with Gasteiger partial charge in [-0.15, -0.1) is 0 Å². The van der Waals surface area contributed by atoms with Crippen molar-refractivity contribution in [1.82, 2.24) is 0 Å². The van der Waals surface area contributed by atoms with Crippen molar-refractivity contribution in [2.45, 2.75) is 6.42 Å². The second-order valence-corrected chi connectivity index (χ2v) is 3.46. The van der Waals surface area contributed by atoms with E-state index >= 15 is 0 Å². The molecule has 1 aliphatic carbocycles. The van der Waals surface area contributed by atoms with Crippen LogP contribution >= 0.6 is 0 Å². The number of rotatable bonds is 1. The Labute approximate surface area is 65.5 Å². The van der Waals surface area contributed by atoms with Gasteiger partial charge in [0.25, 0.3) is 10.1 Å². The van der Waals surface area contributed by atoms with Gasteiger partial charge in [0.2, 0.25) is 0 Å². The molecule has 0 heterocycles. The van der Waals surface area contributed by atoms with Crippen molar-refractivity contribution >= 4 is 10.1 Å². The van der Waals surface area contributed by atoms with Crippen molar-refractivity contribution in [3.63, 3.8) is 0 Å². The van der Waals surface area contributed by atoms with Crippen molar-refractivity contribution in [3.8, 4) is 0 Å². The van der Waals surface area contributed by atoms with Gasteiger partial charge in [0.05, 0.1) is 5.41 Å². The Bertz CT molecular complexity index is 320. The van der Waals surface area contributed by atoms with Crippen LogP contribution in [-0.2, 0) is 10.1 Å². The van der Waals surface area contributed by atoms with Crippen molar-refractivity contribution in [1.29, 1.82) is 0 Å². The SMILES string of the molecule is O=S(=O)(O)C=C1C=CC=CC1. The molecule has 0 fully saturated rings. The van der Waals surface area contributed by atoms with Gasteiger partial charge in [-0.2, -0.15) is 8.42 Å². The smallest absolute Gasteiger partial charge is 0.282 e. The first-order valence-electron chi connectivity index (χ1n) is 3.09. The van der Waals surface area contributed by atoms with Gasteiger partial charge in [-0.3, -0.25) is 4.55 Å². The van der Waals surface area contributed by atoms with Crippen LogP contribution in [0.3, 0.4) is 0 Å². The third-order valence-electron chi connectivity index (χ3n) is 1.21. The Morgan fingerprint density at radius 3 is 2.64 bits per heavy atom. The van der Waals surface area contributed by atoms with Crippen molar-refractivity contribution in [2.24, 2.45) is 0 Å². The van der Waals surface area contributed by atoms with Crippen molar-refractivity contribution in [2.75, 3.05) is 0 Å². The first-order chi connectivity index (χ1) is 5.08. The fourth-order valence-corrected chi connectivity index (χ4v) is 1.37. The highest BCUT2D eigenvalue weighted by Crippen LogP contribution is 2.10. The molecule has 1 aliphatic rings. The third-order valence-corrected chi connectivity index (χ3v) is 1.81. The minimum atomic E-state index is -3.97. The van der Waals surface area contributed by atoms with Gasteiger partial charge in [-0.05, 0) is 12.0 Å². The predicted molar refractivity (Wildman–Crippen MR) is 42.5 cm³/mol. The van der Waals surface area contributed by atoms with Gasteiger partial charge >= 0.3 is 0 Å². The minimum Gasteiger partial charge on any atom is -0.282 e. The Balaban J connectivity index is 2.85. The molecule has 3 nitrogen and oxygen atoms in total. The molecule has 0 saturated carbocycles. The molecule has 0 unspecified atom stereocenters. The minimum absolute atomic E-state index is 0.552. The van der Waals surface area contributed by atoms with E-state index in [1.54, 1.807) is 12.2 Å². The molecule has 0 aliphatic heterocycles. The molecule has 0 aromatic rings. The lowest BCUT2D eigenvalue weighted by atomic mass is 10.1. The first kappa shape index (κ1) is 8.23. The van der Waals surface area contributed by atoms with Crippen LogP contribution in [0.1, 0.15) is 6.42 Å². The summed E-state index contributed by atoms with van der Waals surface area (Å²) in [7, 11) is -3.97. The molecule has 0 radical (unpaired) electrons. The van der Waals surface area contributed by atoms with Gasteiger partial charge < -0.3 is 0 Å². The Kier molecular flexibility index (Phi) is 2.26. The molecule has 0 amide bonds. The monoisotopic (exact) mass is 172 g/mol.